The van der Waals surface area contributed by atoms with Crippen molar-refractivity contribution >= 4 is 0 Å². The molecule has 1 aromatic rings. The fourth-order valence-electron chi connectivity index (χ4n) is 5.64. The standard InChI is InChI=1S/C25H37NO/c1-18-12-21-15-23(13-18)25(16-21)27-24-11-7-6-10-22(24)17-26-19(2)14-20-8-4-3-5-9-20/h6-7,10-11,16,18-20,23,25-26H,3-5,8-9,12-15,17H2,1-2H3. The van der Waals surface area contributed by atoms with Crippen molar-refractivity contribution in [1.29, 1.82) is 0 Å². The Morgan fingerprint density at radius 2 is 1.93 bits per heavy atom. The van der Waals surface area contributed by atoms with Crippen molar-refractivity contribution in [2.75, 3.05) is 0 Å². The Morgan fingerprint density at radius 1 is 1.11 bits per heavy atom. The molecule has 27 heavy (non-hydrogen) atoms. The third kappa shape index (κ3) is 4.96. The predicted octanol–water partition coefficient (Wildman–Crippen LogP) is 6.26. The normalized spacial score (nSPS) is 29.4. The number of allylic oxidation sites excluding steroid dienone is 1. The third-order valence-electron chi connectivity index (χ3n) is 6.99. The van der Waals surface area contributed by atoms with Gasteiger partial charge < -0.3 is 10.1 Å². The van der Waals surface area contributed by atoms with E-state index in [4.69, 9.17) is 4.74 Å². The summed E-state index contributed by atoms with van der Waals surface area (Å²) in [7, 11) is 0. The summed E-state index contributed by atoms with van der Waals surface area (Å²) in [5.74, 6) is 3.52. The minimum Gasteiger partial charge on any atom is -0.486 e. The first-order valence-corrected chi connectivity index (χ1v) is 11.3. The molecule has 0 aromatic heterocycles. The van der Waals surface area contributed by atoms with Crippen LogP contribution in [0, 0.1) is 17.8 Å². The topological polar surface area (TPSA) is 21.3 Å². The molecule has 0 aliphatic heterocycles. The van der Waals surface area contributed by atoms with Crippen LogP contribution in [0.2, 0.25) is 0 Å². The number of hydrogen-bond acceptors (Lipinski definition) is 2. The highest BCUT2D eigenvalue weighted by Crippen LogP contribution is 2.42. The van der Waals surface area contributed by atoms with Gasteiger partial charge in [0.2, 0.25) is 0 Å². The zero-order chi connectivity index (χ0) is 18.6. The van der Waals surface area contributed by atoms with E-state index in [2.05, 4.69) is 49.5 Å². The zero-order valence-electron chi connectivity index (χ0n) is 17.3. The second-order valence-corrected chi connectivity index (χ2v) is 9.55. The minimum absolute atomic E-state index is 0.283. The van der Waals surface area contributed by atoms with E-state index in [0.29, 0.717) is 12.0 Å². The molecule has 0 radical (unpaired) electrons. The average molecular weight is 368 g/mol. The van der Waals surface area contributed by atoms with Crippen molar-refractivity contribution in [3.63, 3.8) is 0 Å². The van der Waals surface area contributed by atoms with Crippen LogP contribution in [-0.2, 0) is 6.54 Å². The van der Waals surface area contributed by atoms with Crippen molar-refractivity contribution in [1.82, 2.24) is 5.32 Å². The van der Waals surface area contributed by atoms with Crippen LogP contribution in [0.5, 0.6) is 5.75 Å². The molecule has 2 heteroatoms. The van der Waals surface area contributed by atoms with Crippen LogP contribution in [0.3, 0.4) is 0 Å². The van der Waals surface area contributed by atoms with E-state index in [1.165, 1.54) is 63.4 Å². The van der Waals surface area contributed by atoms with E-state index >= 15 is 0 Å². The van der Waals surface area contributed by atoms with Crippen LogP contribution in [0.4, 0.5) is 0 Å². The summed E-state index contributed by atoms with van der Waals surface area (Å²) in [6.45, 7) is 5.65. The number of ether oxygens (including phenoxy) is 1. The Kier molecular flexibility index (Phi) is 6.22. The summed E-state index contributed by atoms with van der Waals surface area (Å²) < 4.78 is 6.53. The van der Waals surface area contributed by atoms with E-state index in [-0.39, 0.29) is 6.10 Å². The van der Waals surface area contributed by atoms with Gasteiger partial charge in [-0.15, -0.1) is 0 Å². The summed E-state index contributed by atoms with van der Waals surface area (Å²) >= 11 is 0. The van der Waals surface area contributed by atoms with Gasteiger partial charge in [-0.25, -0.2) is 0 Å². The molecule has 3 aliphatic rings. The first-order chi connectivity index (χ1) is 13.2. The van der Waals surface area contributed by atoms with Gasteiger partial charge in [0, 0.05) is 24.1 Å². The lowest BCUT2D eigenvalue weighted by Gasteiger charge is -2.27. The minimum atomic E-state index is 0.283. The van der Waals surface area contributed by atoms with Crippen LogP contribution >= 0.6 is 0 Å². The van der Waals surface area contributed by atoms with Gasteiger partial charge >= 0.3 is 0 Å². The van der Waals surface area contributed by atoms with E-state index in [1.54, 1.807) is 5.57 Å². The van der Waals surface area contributed by atoms with Crippen molar-refractivity contribution < 1.29 is 4.74 Å². The molecule has 4 atom stereocenters. The lowest BCUT2D eigenvalue weighted by Crippen LogP contribution is -2.29. The molecule has 3 aliphatic carbocycles. The Labute approximate surface area is 165 Å². The lowest BCUT2D eigenvalue weighted by molar-refractivity contribution is 0.163. The van der Waals surface area contributed by atoms with E-state index in [9.17, 15) is 0 Å². The van der Waals surface area contributed by atoms with Crippen molar-refractivity contribution in [3.8, 4) is 5.75 Å². The predicted molar refractivity (Wildman–Crippen MR) is 113 cm³/mol. The van der Waals surface area contributed by atoms with Gasteiger partial charge in [-0.1, -0.05) is 62.8 Å². The number of fused-ring (bicyclic) bond motifs is 2. The molecule has 2 saturated carbocycles. The van der Waals surface area contributed by atoms with Crippen molar-refractivity contribution in [2.45, 2.75) is 90.3 Å². The molecule has 0 saturated heterocycles. The highest BCUT2D eigenvalue weighted by Gasteiger charge is 2.35. The summed E-state index contributed by atoms with van der Waals surface area (Å²) in [6.07, 6.45) is 15.0. The molecule has 0 spiro atoms. The fourth-order valence-corrected chi connectivity index (χ4v) is 5.64. The first-order valence-electron chi connectivity index (χ1n) is 11.3. The summed E-state index contributed by atoms with van der Waals surface area (Å²) in [5.41, 5.74) is 2.93. The zero-order valence-corrected chi connectivity index (χ0v) is 17.3. The van der Waals surface area contributed by atoms with Crippen LogP contribution in [-0.4, -0.2) is 12.1 Å². The Balaban J connectivity index is 1.33. The van der Waals surface area contributed by atoms with Crippen molar-refractivity contribution in [2.24, 2.45) is 17.8 Å². The number of nitrogens with one attached hydrogen (secondary N) is 1. The highest BCUT2D eigenvalue weighted by molar-refractivity contribution is 5.34. The fraction of sp³-hybridized carbons (Fsp3) is 0.680. The number of benzene rings is 1. The van der Waals surface area contributed by atoms with Gasteiger partial charge in [0.25, 0.3) is 0 Å². The van der Waals surface area contributed by atoms with E-state index in [0.717, 1.165) is 24.1 Å². The van der Waals surface area contributed by atoms with E-state index in [1.807, 2.05) is 0 Å². The van der Waals surface area contributed by atoms with Gasteiger partial charge in [0.1, 0.15) is 11.9 Å². The molecule has 0 heterocycles. The van der Waals surface area contributed by atoms with Crippen LogP contribution in [0.25, 0.3) is 0 Å². The second kappa shape index (κ2) is 8.82. The van der Waals surface area contributed by atoms with E-state index < -0.39 is 0 Å². The maximum absolute atomic E-state index is 6.53. The molecular weight excluding hydrogens is 330 g/mol. The maximum Gasteiger partial charge on any atom is 0.124 e. The average Bonchev–Trinajstić information content (AvgIpc) is 2.95. The molecule has 148 valence electrons. The van der Waals surface area contributed by atoms with Gasteiger partial charge in [-0.3, -0.25) is 0 Å². The largest absolute Gasteiger partial charge is 0.486 e. The molecule has 4 unspecified atom stereocenters. The summed E-state index contributed by atoms with van der Waals surface area (Å²) in [4.78, 5) is 0. The number of hydrogen-bond donors (Lipinski definition) is 1. The Hall–Kier alpha value is -1.28. The monoisotopic (exact) mass is 367 g/mol. The Bertz CT molecular complexity index is 645. The smallest absolute Gasteiger partial charge is 0.124 e. The van der Waals surface area contributed by atoms with Crippen LogP contribution in [0.15, 0.2) is 35.9 Å². The molecule has 4 rings (SSSR count). The summed E-state index contributed by atoms with van der Waals surface area (Å²) in [5, 5.41) is 3.77. The SMILES string of the molecule is CC1CC2=CC(Oc3ccccc3CNC(C)CC3CCCCC3)C(C2)C1. The van der Waals surface area contributed by atoms with Crippen molar-refractivity contribution in [3.05, 3.63) is 41.5 Å². The maximum atomic E-state index is 6.53. The van der Waals surface area contributed by atoms with Crippen LogP contribution in [0.1, 0.15) is 77.2 Å². The molecule has 1 aromatic carbocycles. The van der Waals surface area contributed by atoms with Gasteiger partial charge in [0.15, 0.2) is 0 Å². The molecule has 2 bridgehead atoms. The van der Waals surface area contributed by atoms with Gasteiger partial charge in [-0.2, -0.15) is 0 Å². The highest BCUT2D eigenvalue weighted by atomic mass is 16.5. The number of para-hydroxylation sites is 1. The molecule has 1 N–H and O–H groups in total. The second-order valence-electron chi connectivity index (χ2n) is 9.55. The number of rotatable bonds is 7. The van der Waals surface area contributed by atoms with Gasteiger partial charge in [0.05, 0.1) is 0 Å². The molecular formula is C25H37NO. The molecule has 2 nitrogen and oxygen atoms in total. The van der Waals surface area contributed by atoms with Gasteiger partial charge in [-0.05, 0) is 56.6 Å². The first kappa shape index (κ1) is 19.1. The Morgan fingerprint density at radius 3 is 2.78 bits per heavy atom. The quantitative estimate of drug-likeness (QED) is 0.574. The van der Waals surface area contributed by atoms with Crippen LogP contribution < -0.4 is 10.1 Å². The molecule has 0 amide bonds. The summed E-state index contributed by atoms with van der Waals surface area (Å²) in [6, 6.07) is 9.22. The third-order valence-corrected chi connectivity index (χ3v) is 6.99. The molecule has 2 fully saturated rings. The lowest BCUT2D eigenvalue weighted by atomic mass is 9.83.